The van der Waals surface area contributed by atoms with E-state index in [2.05, 4.69) is 10.6 Å². The number of ether oxygens (including phenoxy) is 4. The number of hydrogen-bond acceptors (Lipinski definition) is 10. The second kappa shape index (κ2) is 30.0. The highest BCUT2D eigenvalue weighted by Crippen LogP contribution is 2.05. The van der Waals surface area contributed by atoms with Crippen LogP contribution in [0.25, 0.3) is 0 Å². The van der Waals surface area contributed by atoms with Gasteiger partial charge in [-0.2, -0.15) is 0 Å². The summed E-state index contributed by atoms with van der Waals surface area (Å²) in [6.45, 7) is 4.20. The van der Waals surface area contributed by atoms with E-state index in [4.69, 9.17) is 18.9 Å². The van der Waals surface area contributed by atoms with Gasteiger partial charge in [0.05, 0.1) is 19.8 Å². The number of nitrogens with one attached hydrogen (secondary N) is 2. The average Bonchev–Trinajstić information content (AvgIpc) is 2.99. The van der Waals surface area contributed by atoms with E-state index in [1.165, 1.54) is 6.92 Å². The molecule has 12 heteroatoms. The van der Waals surface area contributed by atoms with E-state index in [1.54, 1.807) is 7.11 Å². The van der Waals surface area contributed by atoms with Crippen molar-refractivity contribution < 1.29 is 47.7 Å². The molecule has 0 unspecified atom stereocenters. The van der Waals surface area contributed by atoms with E-state index < -0.39 is 0 Å². The Kier molecular flexibility index (Phi) is 28.0. The summed E-state index contributed by atoms with van der Waals surface area (Å²) in [5.41, 5.74) is 0. The van der Waals surface area contributed by atoms with Crippen molar-refractivity contribution in [3.63, 3.8) is 0 Å². The number of unbranched alkanes of at least 4 members (excludes halogenated alkanes) is 6. The third kappa shape index (κ3) is 30.4. The van der Waals surface area contributed by atoms with Gasteiger partial charge < -0.3 is 34.4 Å². The molecule has 0 aliphatic carbocycles. The Hall–Kier alpha value is -3.02. The molecule has 0 fully saturated rings. The van der Waals surface area contributed by atoms with Gasteiger partial charge in [-0.1, -0.05) is 0 Å². The summed E-state index contributed by atoms with van der Waals surface area (Å²) in [6.07, 6.45) is 10.1. The molecule has 44 heavy (non-hydrogen) atoms. The zero-order valence-corrected chi connectivity index (χ0v) is 27.1. The molecule has 12 nitrogen and oxygen atoms in total. The average molecular weight is 629 g/mol. The number of carbonyl (C=O) groups excluding carboxylic acids is 6. The molecule has 254 valence electrons. The third-order valence-corrected chi connectivity index (χ3v) is 6.55. The van der Waals surface area contributed by atoms with Gasteiger partial charge in [0.1, 0.15) is 5.78 Å². The number of rotatable bonds is 30. The maximum absolute atomic E-state index is 12.0. The lowest BCUT2D eigenvalue weighted by atomic mass is 10.1. The van der Waals surface area contributed by atoms with E-state index in [1.807, 2.05) is 0 Å². The van der Waals surface area contributed by atoms with E-state index in [0.717, 1.165) is 25.7 Å². The van der Waals surface area contributed by atoms with Crippen LogP contribution in [0, 0.1) is 0 Å². The Morgan fingerprint density at radius 3 is 1.14 bits per heavy atom. The Bertz CT molecular complexity index is 819. The molecule has 0 bridgehead atoms. The lowest BCUT2D eigenvalue weighted by Gasteiger charge is -2.08. The highest BCUT2D eigenvalue weighted by Gasteiger charge is 2.08. The molecular weight excluding hydrogens is 572 g/mol. The molecule has 0 spiro atoms. The zero-order valence-electron chi connectivity index (χ0n) is 27.1. The zero-order chi connectivity index (χ0) is 32.7. The van der Waals surface area contributed by atoms with E-state index in [-0.39, 0.29) is 55.1 Å². The van der Waals surface area contributed by atoms with E-state index in [0.29, 0.717) is 110 Å². The van der Waals surface area contributed by atoms with Crippen LogP contribution in [0.4, 0.5) is 0 Å². The molecule has 2 N–H and O–H groups in total. The minimum Gasteiger partial charge on any atom is -0.466 e. The first-order valence-electron chi connectivity index (χ1n) is 16.2. The number of ketones is 1. The fraction of sp³-hybridized carbons (Fsp3) is 0.812. The maximum Gasteiger partial charge on any atom is 0.305 e. The Morgan fingerprint density at radius 1 is 0.432 bits per heavy atom. The van der Waals surface area contributed by atoms with Gasteiger partial charge in [0, 0.05) is 65.3 Å². The number of hydrogen-bond donors (Lipinski definition) is 2. The Balaban J connectivity index is 3.50. The molecule has 0 saturated carbocycles. The number of carbonyl (C=O) groups is 6. The lowest BCUT2D eigenvalue weighted by molar-refractivity contribution is -0.146. The molecule has 0 aromatic carbocycles. The van der Waals surface area contributed by atoms with Crippen molar-refractivity contribution in [2.75, 3.05) is 46.6 Å². The minimum absolute atomic E-state index is 0.0457. The fourth-order valence-corrected chi connectivity index (χ4v) is 3.96. The smallest absolute Gasteiger partial charge is 0.305 e. The summed E-state index contributed by atoms with van der Waals surface area (Å²) in [5.74, 6) is -0.803. The van der Waals surface area contributed by atoms with Crippen molar-refractivity contribution in [1.82, 2.24) is 10.6 Å². The molecule has 0 heterocycles. The molecule has 0 atom stereocenters. The van der Waals surface area contributed by atoms with Gasteiger partial charge in [-0.15, -0.1) is 0 Å². The predicted octanol–water partition coefficient (Wildman–Crippen LogP) is 4.11. The van der Waals surface area contributed by atoms with Crippen molar-refractivity contribution in [3.05, 3.63) is 0 Å². The first-order valence-corrected chi connectivity index (χ1v) is 16.2. The molecule has 0 aliphatic heterocycles. The quantitative estimate of drug-likeness (QED) is 0.0672. The molecule has 0 aliphatic rings. The van der Waals surface area contributed by atoms with Gasteiger partial charge in [0.15, 0.2) is 0 Å². The number of amides is 2. The molecule has 0 rings (SSSR count). The Labute approximate surface area is 263 Å². The molecule has 0 aromatic heterocycles. The van der Waals surface area contributed by atoms with Crippen LogP contribution < -0.4 is 10.6 Å². The molecule has 2 amide bonds. The van der Waals surface area contributed by atoms with Gasteiger partial charge in [-0.3, -0.25) is 24.0 Å². The van der Waals surface area contributed by atoms with Crippen molar-refractivity contribution in [2.24, 2.45) is 0 Å². The van der Waals surface area contributed by atoms with Crippen LogP contribution in [0.3, 0.4) is 0 Å². The lowest BCUT2D eigenvalue weighted by Crippen LogP contribution is -2.27. The topological polar surface area (TPSA) is 163 Å². The molecule has 0 aromatic rings. The van der Waals surface area contributed by atoms with Gasteiger partial charge in [0.25, 0.3) is 0 Å². The van der Waals surface area contributed by atoms with Gasteiger partial charge >= 0.3 is 17.9 Å². The second-order valence-corrected chi connectivity index (χ2v) is 10.8. The van der Waals surface area contributed by atoms with Crippen molar-refractivity contribution in [3.8, 4) is 0 Å². The first kappa shape index (κ1) is 41.0. The van der Waals surface area contributed by atoms with E-state index >= 15 is 0 Å². The van der Waals surface area contributed by atoms with Gasteiger partial charge in [-0.25, -0.2) is 0 Å². The SMILES string of the molecule is COCCCCOC(=O)CCCCC(=O)NCCCCNC(=O)CCCCC(=O)OCCCCOC(=O)CCCCC(C)=O. The Morgan fingerprint density at radius 2 is 0.773 bits per heavy atom. The van der Waals surface area contributed by atoms with Gasteiger partial charge in [0.2, 0.25) is 11.8 Å². The number of Topliss-reactive ketones (excluding diaryl/α,β-unsaturated/α-hetero) is 1. The van der Waals surface area contributed by atoms with Gasteiger partial charge in [-0.05, 0) is 84.0 Å². The summed E-state index contributed by atoms with van der Waals surface area (Å²) >= 11 is 0. The predicted molar refractivity (Wildman–Crippen MR) is 165 cm³/mol. The van der Waals surface area contributed by atoms with Crippen LogP contribution in [0.1, 0.15) is 122 Å². The minimum atomic E-state index is -0.304. The number of methoxy groups -OCH3 is 1. The normalized spacial score (nSPS) is 10.6. The fourth-order valence-electron chi connectivity index (χ4n) is 3.96. The summed E-state index contributed by atoms with van der Waals surface area (Å²) in [4.78, 5) is 69.8. The van der Waals surface area contributed by atoms with Crippen molar-refractivity contribution >= 4 is 35.5 Å². The standard InChI is InChI=1S/C32H56N2O10/c1-27(35)15-3-6-18-30(38)43-25-13-14-26-44-32(40)20-8-5-17-29(37)34-22-10-9-21-33-28(36)16-4-7-19-31(39)42-24-12-11-23-41-2/h3-26H2,1-2H3,(H,33,36)(H,34,37). The highest BCUT2D eigenvalue weighted by molar-refractivity contribution is 5.76. The molecular formula is C32H56N2O10. The first-order chi connectivity index (χ1) is 21.2. The van der Waals surface area contributed by atoms with Crippen LogP contribution in [0.15, 0.2) is 0 Å². The maximum atomic E-state index is 12.0. The van der Waals surface area contributed by atoms with Crippen LogP contribution >= 0.6 is 0 Å². The summed E-state index contributed by atoms with van der Waals surface area (Å²) in [7, 11) is 1.64. The van der Waals surface area contributed by atoms with Crippen molar-refractivity contribution in [1.29, 1.82) is 0 Å². The van der Waals surface area contributed by atoms with Crippen molar-refractivity contribution in [2.45, 2.75) is 122 Å². The number of esters is 3. The largest absolute Gasteiger partial charge is 0.466 e. The third-order valence-electron chi connectivity index (χ3n) is 6.55. The van der Waals surface area contributed by atoms with Crippen LogP contribution in [-0.2, 0) is 47.7 Å². The summed E-state index contributed by atoms with van der Waals surface area (Å²) < 4.78 is 20.4. The molecule has 0 radical (unpaired) electrons. The second-order valence-electron chi connectivity index (χ2n) is 10.8. The monoisotopic (exact) mass is 628 g/mol. The van der Waals surface area contributed by atoms with E-state index in [9.17, 15) is 28.8 Å². The summed E-state index contributed by atoms with van der Waals surface area (Å²) in [6, 6.07) is 0. The van der Waals surface area contributed by atoms with Crippen LogP contribution in [-0.4, -0.2) is 82.1 Å². The van der Waals surface area contributed by atoms with Crippen LogP contribution in [0.5, 0.6) is 0 Å². The van der Waals surface area contributed by atoms with Crippen LogP contribution in [0.2, 0.25) is 0 Å². The summed E-state index contributed by atoms with van der Waals surface area (Å²) in [5, 5.41) is 5.70. The molecule has 0 saturated heterocycles. The highest BCUT2D eigenvalue weighted by atomic mass is 16.5.